The minimum Gasteiger partial charge on any atom is -0.482 e. The van der Waals surface area contributed by atoms with Gasteiger partial charge in [-0.2, -0.15) is 0 Å². The molecule has 3 rings (SSSR count). The molecule has 0 bridgehead atoms. The summed E-state index contributed by atoms with van der Waals surface area (Å²) in [6.07, 6.45) is 3.54. The van der Waals surface area contributed by atoms with Gasteiger partial charge in [0, 0.05) is 8.80 Å². The van der Waals surface area contributed by atoms with Crippen molar-refractivity contribution in [3.63, 3.8) is 0 Å². The summed E-state index contributed by atoms with van der Waals surface area (Å²) in [5.41, 5.74) is 2.27. The average Bonchev–Trinajstić information content (AvgIpc) is 2.73. The molecule has 2 aromatic carbocycles. The highest BCUT2D eigenvalue weighted by molar-refractivity contribution is 6.58. The molecule has 1 nitrogen and oxygen atoms in total. The topological polar surface area (TPSA) is 9.23 Å². The number of halogens is 4. The Kier molecular flexibility index (Phi) is 8.37. The lowest BCUT2D eigenvalue weighted by Crippen LogP contribution is -2.21. The van der Waals surface area contributed by atoms with E-state index in [0.717, 1.165) is 24.5 Å². The van der Waals surface area contributed by atoms with Crippen LogP contribution < -0.4 is 4.74 Å². The van der Waals surface area contributed by atoms with Gasteiger partial charge in [-0.1, -0.05) is 68.6 Å². The fraction of sp³-hybridized carbons (Fsp3) is 0.500. The van der Waals surface area contributed by atoms with Gasteiger partial charge in [-0.3, -0.25) is 0 Å². The molecule has 1 saturated heterocycles. The van der Waals surface area contributed by atoms with Crippen LogP contribution in [-0.2, 0) is 6.42 Å². The molecule has 0 radical (unpaired) electrons. The summed E-state index contributed by atoms with van der Waals surface area (Å²) in [5, 5.41) is 0. The van der Waals surface area contributed by atoms with Crippen LogP contribution in [0.4, 0.5) is 17.6 Å². The Hall–Kier alpha value is -1.82. The zero-order chi connectivity index (χ0) is 21.5. The van der Waals surface area contributed by atoms with Crippen molar-refractivity contribution in [3.8, 4) is 16.9 Å². The van der Waals surface area contributed by atoms with Crippen LogP contribution in [0, 0.1) is 17.6 Å². The Labute approximate surface area is 178 Å². The minimum atomic E-state index is -2.79. The highest BCUT2D eigenvalue weighted by atomic mass is 28.3. The third kappa shape index (κ3) is 6.34. The van der Waals surface area contributed by atoms with Gasteiger partial charge in [0.25, 0.3) is 6.43 Å². The molecule has 2 aromatic rings. The summed E-state index contributed by atoms with van der Waals surface area (Å²) in [4.78, 5) is 0. The maximum absolute atomic E-state index is 14.1. The lowest BCUT2D eigenvalue weighted by molar-refractivity contribution is 0.0777. The van der Waals surface area contributed by atoms with Gasteiger partial charge in [-0.05, 0) is 47.6 Å². The maximum atomic E-state index is 14.1. The van der Waals surface area contributed by atoms with Gasteiger partial charge >= 0.3 is 0 Å². The van der Waals surface area contributed by atoms with Crippen molar-refractivity contribution in [2.24, 2.45) is 5.92 Å². The Morgan fingerprint density at radius 1 is 1.00 bits per heavy atom. The summed E-state index contributed by atoms with van der Waals surface area (Å²) in [6.45, 7) is 1.26. The molecule has 0 amide bonds. The third-order valence-electron chi connectivity index (χ3n) is 6.14. The molecule has 1 heterocycles. The van der Waals surface area contributed by atoms with Gasteiger partial charge in [-0.15, -0.1) is 0 Å². The standard InChI is InChI=1S/C24H30F4OSi/c1-2-11-30-12-9-18(10-13-30)4-3-17-5-7-19(8-6-17)20-14-21(25)24(22(26)15-20)29-16-23(27)28/h5-8,14-15,18,23,30H,2-4,9-13,16H2,1H3/t18-,30-. The second-order valence-electron chi connectivity index (χ2n) is 8.38. The van der Waals surface area contributed by atoms with Crippen molar-refractivity contribution < 1.29 is 22.3 Å². The molecule has 0 atom stereocenters. The minimum absolute atomic E-state index is 0.361. The Balaban J connectivity index is 1.56. The van der Waals surface area contributed by atoms with Crippen LogP contribution in [0.5, 0.6) is 5.75 Å². The third-order valence-corrected chi connectivity index (χ3v) is 9.84. The number of hydrogen-bond acceptors (Lipinski definition) is 1. The second-order valence-corrected chi connectivity index (χ2v) is 11.8. The van der Waals surface area contributed by atoms with Crippen LogP contribution in [0.25, 0.3) is 11.1 Å². The smallest absolute Gasteiger partial charge is 0.272 e. The quantitative estimate of drug-likeness (QED) is 0.296. The van der Waals surface area contributed by atoms with E-state index < -0.39 is 39.2 Å². The highest BCUT2D eigenvalue weighted by Crippen LogP contribution is 2.32. The Bertz CT molecular complexity index is 778. The molecule has 0 spiro atoms. The van der Waals surface area contributed by atoms with E-state index in [2.05, 4.69) is 11.7 Å². The van der Waals surface area contributed by atoms with E-state index in [1.54, 1.807) is 0 Å². The van der Waals surface area contributed by atoms with Crippen molar-refractivity contribution in [1.82, 2.24) is 0 Å². The zero-order valence-corrected chi connectivity index (χ0v) is 18.6. The van der Waals surface area contributed by atoms with Crippen LogP contribution >= 0.6 is 0 Å². The van der Waals surface area contributed by atoms with E-state index in [-0.39, 0.29) is 0 Å². The van der Waals surface area contributed by atoms with Gasteiger partial charge < -0.3 is 4.74 Å². The number of hydrogen-bond donors (Lipinski definition) is 0. The molecule has 0 aromatic heterocycles. The summed E-state index contributed by atoms with van der Waals surface area (Å²) < 4.78 is 57.3. The fourth-order valence-electron chi connectivity index (χ4n) is 4.46. The molecule has 0 saturated carbocycles. The van der Waals surface area contributed by atoms with Crippen LogP contribution in [0.3, 0.4) is 0 Å². The Morgan fingerprint density at radius 3 is 2.20 bits per heavy atom. The number of rotatable bonds is 9. The van der Waals surface area contributed by atoms with Crippen molar-refractivity contribution in [1.29, 1.82) is 0 Å². The SMILES string of the molecule is CCC[Si@H]1CC[C@H](CCc2ccc(-c3cc(F)c(OCC(F)F)c(F)c3)cc2)CC1. The van der Waals surface area contributed by atoms with E-state index in [9.17, 15) is 17.6 Å². The lowest BCUT2D eigenvalue weighted by Gasteiger charge is -2.27. The summed E-state index contributed by atoms with van der Waals surface area (Å²) in [6, 6.07) is 14.4. The van der Waals surface area contributed by atoms with Crippen LogP contribution in [0.1, 0.15) is 38.2 Å². The number of aryl methyl sites for hydroxylation is 1. The first-order valence-electron chi connectivity index (χ1n) is 11.0. The predicted molar refractivity (Wildman–Crippen MR) is 116 cm³/mol. The van der Waals surface area contributed by atoms with Gasteiger partial charge in [0.1, 0.15) is 6.61 Å². The number of alkyl halides is 2. The first-order valence-corrected chi connectivity index (χ1v) is 13.4. The van der Waals surface area contributed by atoms with Crippen LogP contribution in [-0.4, -0.2) is 21.8 Å². The molecular formula is C24H30F4OSi. The predicted octanol–water partition coefficient (Wildman–Crippen LogP) is 7.26. The molecule has 1 aliphatic rings. The lowest BCUT2D eigenvalue weighted by atomic mass is 9.93. The van der Waals surface area contributed by atoms with Crippen molar-refractivity contribution >= 4 is 8.80 Å². The summed E-state index contributed by atoms with van der Waals surface area (Å²) in [5.74, 6) is -1.88. The average molecular weight is 439 g/mol. The molecular weight excluding hydrogens is 408 g/mol. The van der Waals surface area contributed by atoms with Crippen molar-refractivity contribution in [2.75, 3.05) is 6.61 Å². The molecule has 1 aliphatic heterocycles. The first kappa shape index (κ1) is 22.9. The second kappa shape index (κ2) is 11.0. The molecule has 0 unspecified atom stereocenters. The molecule has 6 heteroatoms. The Morgan fingerprint density at radius 2 is 1.63 bits per heavy atom. The molecule has 30 heavy (non-hydrogen) atoms. The fourth-order valence-corrected chi connectivity index (χ4v) is 8.03. The number of ether oxygens (including phenoxy) is 1. The molecule has 164 valence electrons. The summed E-state index contributed by atoms with van der Waals surface area (Å²) in [7, 11) is -0.435. The zero-order valence-electron chi connectivity index (χ0n) is 17.5. The van der Waals surface area contributed by atoms with E-state index >= 15 is 0 Å². The number of benzene rings is 2. The summed E-state index contributed by atoms with van der Waals surface area (Å²) >= 11 is 0. The van der Waals surface area contributed by atoms with E-state index in [0.29, 0.717) is 11.1 Å². The van der Waals surface area contributed by atoms with Crippen molar-refractivity contribution in [2.45, 2.75) is 63.6 Å². The highest BCUT2D eigenvalue weighted by Gasteiger charge is 2.21. The van der Waals surface area contributed by atoms with Gasteiger partial charge in [0.2, 0.25) is 0 Å². The maximum Gasteiger partial charge on any atom is 0.272 e. The van der Waals surface area contributed by atoms with Crippen molar-refractivity contribution in [3.05, 3.63) is 53.6 Å². The monoisotopic (exact) mass is 438 g/mol. The molecule has 0 aliphatic carbocycles. The van der Waals surface area contributed by atoms with Crippen LogP contribution in [0.15, 0.2) is 36.4 Å². The van der Waals surface area contributed by atoms with Gasteiger partial charge in [0.15, 0.2) is 17.4 Å². The van der Waals surface area contributed by atoms with E-state index in [1.807, 2.05) is 24.3 Å². The largest absolute Gasteiger partial charge is 0.482 e. The van der Waals surface area contributed by atoms with E-state index in [4.69, 9.17) is 0 Å². The first-order chi connectivity index (χ1) is 14.5. The van der Waals surface area contributed by atoms with E-state index in [1.165, 1.54) is 49.4 Å². The van der Waals surface area contributed by atoms with Gasteiger partial charge in [-0.25, -0.2) is 17.6 Å². The molecule has 1 fully saturated rings. The molecule has 0 N–H and O–H groups in total. The normalized spacial score (nSPS) is 19.3. The van der Waals surface area contributed by atoms with Gasteiger partial charge in [0.05, 0.1) is 0 Å². The van der Waals surface area contributed by atoms with Crippen LogP contribution in [0.2, 0.25) is 18.1 Å².